The lowest BCUT2D eigenvalue weighted by Crippen LogP contribution is -2.26. The molecule has 3 rings (SSSR count). The molecular weight excluding hydrogens is 278 g/mol. The predicted octanol–water partition coefficient (Wildman–Crippen LogP) is 6.07. The average molecular weight is 306 g/mol. The minimum absolute atomic E-state index is 0.678. The smallest absolute Gasteiger partial charge is 0.159 e. The maximum absolute atomic E-state index is 13.5. The van der Waals surface area contributed by atoms with Gasteiger partial charge in [-0.3, -0.25) is 0 Å². The number of hydrogen-bond acceptors (Lipinski definition) is 0. The summed E-state index contributed by atoms with van der Waals surface area (Å²) >= 11 is 0. The molecule has 0 aliphatic heterocycles. The molecule has 2 heteroatoms. The molecule has 0 bridgehead atoms. The zero-order valence-corrected chi connectivity index (χ0v) is 13.7. The highest BCUT2D eigenvalue weighted by Gasteiger charge is 2.30. The van der Waals surface area contributed by atoms with E-state index in [1.54, 1.807) is 0 Å². The third kappa shape index (κ3) is 3.52. The van der Waals surface area contributed by atoms with Crippen LogP contribution < -0.4 is 0 Å². The standard InChI is InChI=1S/C20H28F2/c1-2-3-4-14-5-7-15(8-6-14)16-9-10-17-12-19(21)20(22)13-18(17)11-16/h12-16H,2-11H2,1H3. The van der Waals surface area contributed by atoms with Crippen LogP contribution in [0.2, 0.25) is 0 Å². The summed E-state index contributed by atoms with van der Waals surface area (Å²) in [5.74, 6) is 1.07. The Morgan fingerprint density at radius 1 is 0.909 bits per heavy atom. The van der Waals surface area contributed by atoms with Crippen LogP contribution in [0.1, 0.15) is 69.4 Å². The second-order valence-corrected chi connectivity index (χ2v) is 7.46. The lowest BCUT2D eigenvalue weighted by molar-refractivity contribution is 0.183. The maximum Gasteiger partial charge on any atom is 0.159 e. The van der Waals surface area contributed by atoms with E-state index in [2.05, 4.69) is 6.92 Å². The van der Waals surface area contributed by atoms with Crippen molar-refractivity contribution < 1.29 is 8.78 Å². The van der Waals surface area contributed by atoms with Gasteiger partial charge in [0.2, 0.25) is 0 Å². The molecule has 1 aromatic carbocycles. The van der Waals surface area contributed by atoms with Crippen molar-refractivity contribution in [1.82, 2.24) is 0 Å². The van der Waals surface area contributed by atoms with Gasteiger partial charge >= 0.3 is 0 Å². The molecule has 0 amide bonds. The maximum atomic E-state index is 13.5. The summed E-state index contributed by atoms with van der Waals surface area (Å²) in [4.78, 5) is 0. The third-order valence-electron chi connectivity index (χ3n) is 6.03. The van der Waals surface area contributed by atoms with E-state index in [0.29, 0.717) is 5.92 Å². The molecule has 1 saturated carbocycles. The summed E-state index contributed by atoms with van der Waals surface area (Å²) in [6, 6.07) is 2.87. The van der Waals surface area contributed by atoms with Gasteiger partial charge < -0.3 is 0 Å². The fourth-order valence-electron chi connectivity index (χ4n) is 4.62. The van der Waals surface area contributed by atoms with Gasteiger partial charge in [-0.1, -0.05) is 39.0 Å². The summed E-state index contributed by atoms with van der Waals surface area (Å²) in [5, 5.41) is 0. The molecule has 0 aromatic heterocycles. The van der Waals surface area contributed by atoms with Gasteiger partial charge in [-0.05, 0) is 73.1 Å². The topological polar surface area (TPSA) is 0 Å². The van der Waals surface area contributed by atoms with E-state index in [4.69, 9.17) is 0 Å². The van der Waals surface area contributed by atoms with Gasteiger partial charge in [-0.2, -0.15) is 0 Å². The Hall–Kier alpha value is -0.920. The number of rotatable bonds is 4. The van der Waals surface area contributed by atoms with Crippen LogP contribution in [0.15, 0.2) is 12.1 Å². The molecule has 0 radical (unpaired) electrons. The molecule has 1 aromatic rings. The van der Waals surface area contributed by atoms with Crippen LogP contribution in [-0.4, -0.2) is 0 Å². The summed E-state index contributed by atoms with van der Waals surface area (Å²) in [5.41, 5.74) is 2.09. The van der Waals surface area contributed by atoms with Crippen molar-refractivity contribution >= 4 is 0 Å². The van der Waals surface area contributed by atoms with Gasteiger partial charge in [0, 0.05) is 0 Å². The van der Waals surface area contributed by atoms with Crippen LogP contribution in [0.4, 0.5) is 8.78 Å². The van der Waals surface area contributed by atoms with Crippen molar-refractivity contribution in [2.75, 3.05) is 0 Å². The van der Waals surface area contributed by atoms with Crippen LogP contribution in [0.3, 0.4) is 0 Å². The SMILES string of the molecule is CCCCC1CCC(C2CCc3cc(F)c(F)cc3C2)CC1. The molecule has 0 spiro atoms. The van der Waals surface area contributed by atoms with Gasteiger partial charge in [0.05, 0.1) is 0 Å². The molecule has 1 unspecified atom stereocenters. The third-order valence-corrected chi connectivity index (χ3v) is 6.03. The molecule has 2 aliphatic rings. The Bertz CT molecular complexity index is 501. The molecule has 22 heavy (non-hydrogen) atoms. The minimum atomic E-state index is -0.686. The number of aryl methyl sites for hydroxylation is 1. The predicted molar refractivity (Wildman–Crippen MR) is 86.8 cm³/mol. The first-order valence-electron chi connectivity index (χ1n) is 9.14. The zero-order valence-electron chi connectivity index (χ0n) is 13.7. The van der Waals surface area contributed by atoms with E-state index in [1.807, 2.05) is 0 Å². The van der Waals surface area contributed by atoms with Crippen LogP contribution in [-0.2, 0) is 12.8 Å². The molecule has 122 valence electrons. The van der Waals surface area contributed by atoms with E-state index < -0.39 is 11.6 Å². The first-order chi connectivity index (χ1) is 10.7. The van der Waals surface area contributed by atoms with Crippen LogP contribution in [0.5, 0.6) is 0 Å². The van der Waals surface area contributed by atoms with Crippen molar-refractivity contribution in [3.63, 3.8) is 0 Å². The fourth-order valence-corrected chi connectivity index (χ4v) is 4.62. The van der Waals surface area contributed by atoms with E-state index >= 15 is 0 Å². The molecule has 0 nitrogen and oxygen atoms in total. The van der Waals surface area contributed by atoms with Crippen molar-refractivity contribution in [3.05, 3.63) is 34.9 Å². The Balaban J connectivity index is 1.58. The largest absolute Gasteiger partial charge is 0.204 e. The Labute approximate surface area is 133 Å². The van der Waals surface area contributed by atoms with E-state index in [-0.39, 0.29) is 0 Å². The van der Waals surface area contributed by atoms with Gasteiger partial charge in [-0.25, -0.2) is 8.78 Å². The van der Waals surface area contributed by atoms with Crippen molar-refractivity contribution in [2.45, 2.75) is 71.1 Å². The Morgan fingerprint density at radius 2 is 1.59 bits per heavy atom. The first-order valence-corrected chi connectivity index (χ1v) is 9.14. The lowest BCUT2D eigenvalue weighted by Gasteiger charge is -2.36. The van der Waals surface area contributed by atoms with Gasteiger partial charge in [-0.15, -0.1) is 0 Å². The van der Waals surface area contributed by atoms with Crippen molar-refractivity contribution in [3.8, 4) is 0 Å². The number of fused-ring (bicyclic) bond motifs is 1. The minimum Gasteiger partial charge on any atom is -0.204 e. The number of unbranched alkanes of at least 4 members (excludes halogenated alkanes) is 1. The summed E-state index contributed by atoms with van der Waals surface area (Å²) < 4.78 is 26.8. The second-order valence-electron chi connectivity index (χ2n) is 7.46. The van der Waals surface area contributed by atoms with E-state index in [1.165, 1.54) is 57.1 Å². The van der Waals surface area contributed by atoms with E-state index in [0.717, 1.165) is 42.2 Å². The quantitative estimate of drug-likeness (QED) is 0.633. The van der Waals surface area contributed by atoms with Gasteiger partial charge in [0.15, 0.2) is 11.6 Å². The molecule has 1 atom stereocenters. The highest BCUT2D eigenvalue weighted by Crippen LogP contribution is 2.40. The number of benzene rings is 1. The Kier molecular flexibility index (Phi) is 5.15. The lowest BCUT2D eigenvalue weighted by atomic mass is 9.69. The van der Waals surface area contributed by atoms with Crippen LogP contribution in [0, 0.1) is 29.4 Å². The second kappa shape index (κ2) is 7.10. The van der Waals surface area contributed by atoms with Crippen LogP contribution >= 0.6 is 0 Å². The zero-order chi connectivity index (χ0) is 15.5. The van der Waals surface area contributed by atoms with Gasteiger partial charge in [0.25, 0.3) is 0 Å². The van der Waals surface area contributed by atoms with Crippen molar-refractivity contribution in [1.29, 1.82) is 0 Å². The highest BCUT2D eigenvalue weighted by atomic mass is 19.2. The molecule has 0 saturated heterocycles. The van der Waals surface area contributed by atoms with Gasteiger partial charge in [0.1, 0.15) is 0 Å². The normalized spacial score (nSPS) is 28.4. The molecule has 0 N–H and O–H groups in total. The summed E-state index contributed by atoms with van der Waals surface area (Å²) in [6.07, 6.45) is 12.6. The highest BCUT2D eigenvalue weighted by molar-refractivity contribution is 5.31. The summed E-state index contributed by atoms with van der Waals surface area (Å²) in [6.45, 7) is 2.27. The number of hydrogen-bond donors (Lipinski definition) is 0. The van der Waals surface area contributed by atoms with E-state index in [9.17, 15) is 8.78 Å². The molecule has 1 fully saturated rings. The van der Waals surface area contributed by atoms with Crippen LogP contribution in [0.25, 0.3) is 0 Å². The summed E-state index contributed by atoms with van der Waals surface area (Å²) in [7, 11) is 0. The fraction of sp³-hybridized carbons (Fsp3) is 0.700. The first kappa shape index (κ1) is 16.0. The molecule has 0 heterocycles. The molecule has 2 aliphatic carbocycles. The number of halogens is 2. The Morgan fingerprint density at radius 3 is 2.27 bits per heavy atom. The average Bonchev–Trinajstić information content (AvgIpc) is 2.54. The monoisotopic (exact) mass is 306 g/mol. The van der Waals surface area contributed by atoms with Crippen molar-refractivity contribution in [2.24, 2.45) is 17.8 Å². The molecular formula is C20H28F2.